The summed E-state index contributed by atoms with van der Waals surface area (Å²) < 4.78 is 7.32. The van der Waals surface area contributed by atoms with Crippen LogP contribution < -0.4 is 15.2 Å². The van der Waals surface area contributed by atoms with E-state index in [1.807, 2.05) is 42.5 Å². The fraction of sp³-hybridized carbons (Fsp3) is 0.304. The summed E-state index contributed by atoms with van der Waals surface area (Å²) in [6.45, 7) is 2.42. The van der Waals surface area contributed by atoms with Crippen molar-refractivity contribution in [2.24, 2.45) is 0 Å². The first-order chi connectivity index (χ1) is 14.1. The maximum Gasteiger partial charge on any atom is 0.258 e. The first kappa shape index (κ1) is 19.2. The second kappa shape index (κ2) is 8.49. The number of hydrogen-bond donors (Lipinski definition) is 0. The minimum atomic E-state index is -0.140. The van der Waals surface area contributed by atoms with Crippen molar-refractivity contribution in [2.75, 3.05) is 32.1 Å². The van der Waals surface area contributed by atoms with Crippen molar-refractivity contribution >= 4 is 5.82 Å². The highest BCUT2D eigenvalue weighted by atomic mass is 16.5. The Morgan fingerprint density at radius 1 is 1.14 bits per heavy atom. The summed E-state index contributed by atoms with van der Waals surface area (Å²) in [6, 6.07) is 17.7. The predicted octanol–water partition coefficient (Wildman–Crippen LogP) is 2.95. The molecule has 0 spiro atoms. The maximum absolute atomic E-state index is 12.6. The normalized spacial score (nSPS) is 16.4. The van der Waals surface area contributed by atoms with Crippen LogP contribution in [0, 0.1) is 0 Å². The van der Waals surface area contributed by atoms with Gasteiger partial charge < -0.3 is 14.5 Å². The van der Waals surface area contributed by atoms with Crippen LogP contribution in [-0.4, -0.2) is 47.7 Å². The van der Waals surface area contributed by atoms with Crippen LogP contribution >= 0.6 is 0 Å². The second-order valence-electron chi connectivity index (χ2n) is 7.57. The van der Waals surface area contributed by atoms with Crippen LogP contribution in [0.4, 0.5) is 5.82 Å². The van der Waals surface area contributed by atoms with E-state index >= 15 is 0 Å². The van der Waals surface area contributed by atoms with Crippen LogP contribution in [0.2, 0.25) is 0 Å². The van der Waals surface area contributed by atoms with Gasteiger partial charge in [-0.25, -0.2) is 4.98 Å². The number of aromatic nitrogens is 2. The van der Waals surface area contributed by atoms with Gasteiger partial charge >= 0.3 is 0 Å². The van der Waals surface area contributed by atoms with Crippen LogP contribution in [0.1, 0.15) is 12.0 Å². The third-order valence-electron chi connectivity index (χ3n) is 5.37. The molecule has 1 atom stereocenters. The predicted molar refractivity (Wildman–Crippen MR) is 115 cm³/mol. The maximum atomic E-state index is 12.6. The lowest BCUT2D eigenvalue weighted by Crippen LogP contribution is -2.31. The van der Waals surface area contributed by atoms with Crippen LogP contribution in [0.5, 0.6) is 5.75 Å². The Bertz CT molecular complexity index is 999. The summed E-state index contributed by atoms with van der Waals surface area (Å²) in [5, 5.41) is 0. The van der Waals surface area contributed by atoms with Crippen LogP contribution in [0.15, 0.2) is 71.8 Å². The van der Waals surface area contributed by atoms with Gasteiger partial charge in [-0.05, 0) is 44.3 Å². The molecule has 1 aliphatic heterocycles. The fourth-order valence-corrected chi connectivity index (χ4v) is 3.58. The molecule has 0 aliphatic carbocycles. The molecule has 0 amide bonds. The van der Waals surface area contributed by atoms with Crippen molar-refractivity contribution in [1.82, 2.24) is 14.5 Å². The molecule has 1 aliphatic rings. The highest BCUT2D eigenvalue weighted by molar-refractivity contribution is 5.44. The van der Waals surface area contributed by atoms with Crippen LogP contribution in [0.3, 0.4) is 0 Å². The van der Waals surface area contributed by atoms with Crippen molar-refractivity contribution in [3.63, 3.8) is 0 Å². The zero-order valence-corrected chi connectivity index (χ0v) is 16.9. The number of hydrogen-bond acceptors (Lipinski definition) is 5. The van der Waals surface area contributed by atoms with Crippen molar-refractivity contribution in [2.45, 2.75) is 19.1 Å². The highest BCUT2D eigenvalue weighted by Gasteiger charge is 2.24. The summed E-state index contributed by atoms with van der Waals surface area (Å²) in [5.74, 6) is 1.51. The summed E-state index contributed by atoms with van der Waals surface area (Å²) in [5.41, 5.74) is 1.67. The molecule has 3 heterocycles. The lowest BCUT2D eigenvalue weighted by atomic mass is 10.2. The van der Waals surface area contributed by atoms with Crippen LogP contribution in [0.25, 0.3) is 5.69 Å². The number of rotatable bonds is 6. The van der Waals surface area contributed by atoms with Gasteiger partial charge in [0.05, 0.1) is 11.9 Å². The Morgan fingerprint density at radius 2 is 1.97 bits per heavy atom. The van der Waals surface area contributed by atoms with E-state index in [2.05, 4.69) is 28.9 Å². The Morgan fingerprint density at radius 3 is 2.62 bits per heavy atom. The Hall–Kier alpha value is -3.12. The zero-order valence-electron chi connectivity index (χ0n) is 16.9. The molecule has 1 unspecified atom stereocenters. The number of benzene rings is 1. The molecule has 2 aromatic heterocycles. The van der Waals surface area contributed by atoms with Crippen molar-refractivity contribution < 1.29 is 4.74 Å². The summed E-state index contributed by atoms with van der Waals surface area (Å²) in [4.78, 5) is 21.7. The van der Waals surface area contributed by atoms with E-state index in [-0.39, 0.29) is 5.56 Å². The smallest absolute Gasteiger partial charge is 0.258 e. The van der Waals surface area contributed by atoms with Gasteiger partial charge in [0, 0.05) is 31.4 Å². The molecule has 0 radical (unpaired) electrons. The minimum Gasteiger partial charge on any atom is -0.489 e. The quantitative estimate of drug-likeness (QED) is 0.648. The van der Waals surface area contributed by atoms with Gasteiger partial charge in [0.2, 0.25) is 0 Å². The number of nitrogens with zero attached hydrogens (tertiary/aromatic N) is 4. The molecule has 1 aromatic carbocycles. The molecular weight excluding hydrogens is 364 g/mol. The Kier molecular flexibility index (Phi) is 5.62. The molecule has 1 saturated heterocycles. The van der Waals surface area contributed by atoms with Gasteiger partial charge in [-0.1, -0.05) is 30.3 Å². The molecule has 1 fully saturated rings. The number of anilines is 1. The standard InChI is InChI=1S/C23H26N4O2/c1-25(2)20-10-12-26(16-20)22-9-8-19(15-24-22)27-13-11-21(14-23(27)28)29-17-18-6-4-3-5-7-18/h3-9,11,13-15,20H,10,12,16-17H2,1-2H3. The molecule has 4 rings (SSSR count). The van der Waals surface area contributed by atoms with Gasteiger partial charge in [-0.15, -0.1) is 0 Å². The second-order valence-corrected chi connectivity index (χ2v) is 7.57. The third-order valence-corrected chi connectivity index (χ3v) is 5.37. The number of likely N-dealkylation sites (N-methyl/N-ethyl adjacent to an activating group) is 1. The molecular formula is C23H26N4O2. The molecule has 0 saturated carbocycles. The number of pyridine rings is 2. The molecule has 0 N–H and O–H groups in total. The molecule has 29 heavy (non-hydrogen) atoms. The van der Waals surface area contributed by atoms with E-state index in [1.165, 1.54) is 6.07 Å². The Labute approximate surface area is 171 Å². The van der Waals surface area contributed by atoms with Gasteiger partial charge in [0.15, 0.2) is 0 Å². The first-order valence-electron chi connectivity index (χ1n) is 9.87. The van der Waals surface area contributed by atoms with Gasteiger partial charge in [-0.3, -0.25) is 9.36 Å². The van der Waals surface area contributed by atoms with Crippen LogP contribution in [-0.2, 0) is 6.61 Å². The molecule has 3 aromatic rings. The molecule has 6 nitrogen and oxygen atoms in total. The molecule has 0 bridgehead atoms. The third kappa shape index (κ3) is 4.49. The van der Waals surface area contributed by atoms with E-state index in [9.17, 15) is 4.79 Å². The average Bonchev–Trinajstić information content (AvgIpc) is 3.24. The van der Waals surface area contributed by atoms with E-state index in [1.54, 1.807) is 23.0 Å². The van der Waals surface area contributed by atoms with Crippen molar-refractivity contribution in [1.29, 1.82) is 0 Å². The minimum absolute atomic E-state index is 0.140. The highest BCUT2D eigenvalue weighted by Crippen LogP contribution is 2.21. The zero-order chi connectivity index (χ0) is 20.2. The lowest BCUT2D eigenvalue weighted by molar-refractivity contribution is 0.305. The number of ether oxygens (including phenoxy) is 1. The van der Waals surface area contributed by atoms with Crippen molar-refractivity contribution in [3.05, 3.63) is 82.9 Å². The van der Waals surface area contributed by atoms with E-state index in [0.29, 0.717) is 18.4 Å². The summed E-state index contributed by atoms with van der Waals surface area (Å²) in [6.07, 6.45) is 4.63. The van der Waals surface area contributed by atoms with Gasteiger partial charge in [-0.2, -0.15) is 0 Å². The lowest BCUT2D eigenvalue weighted by Gasteiger charge is -2.21. The molecule has 6 heteroatoms. The SMILES string of the molecule is CN(C)C1CCN(c2ccc(-n3ccc(OCc4ccccc4)cc3=O)cn2)C1. The summed E-state index contributed by atoms with van der Waals surface area (Å²) in [7, 11) is 4.23. The van der Waals surface area contributed by atoms with E-state index in [0.717, 1.165) is 36.6 Å². The first-order valence-corrected chi connectivity index (χ1v) is 9.87. The van der Waals surface area contributed by atoms with Crippen molar-refractivity contribution in [3.8, 4) is 11.4 Å². The van der Waals surface area contributed by atoms with Gasteiger partial charge in [0.25, 0.3) is 5.56 Å². The largest absolute Gasteiger partial charge is 0.489 e. The Balaban J connectivity index is 1.44. The fourth-order valence-electron chi connectivity index (χ4n) is 3.58. The topological polar surface area (TPSA) is 50.6 Å². The average molecular weight is 390 g/mol. The molecule has 150 valence electrons. The van der Waals surface area contributed by atoms with E-state index in [4.69, 9.17) is 4.74 Å². The monoisotopic (exact) mass is 390 g/mol. The van der Waals surface area contributed by atoms with E-state index < -0.39 is 0 Å². The summed E-state index contributed by atoms with van der Waals surface area (Å²) >= 11 is 0. The van der Waals surface area contributed by atoms with Gasteiger partial charge in [0.1, 0.15) is 18.2 Å².